The summed E-state index contributed by atoms with van der Waals surface area (Å²) in [7, 11) is 1.21. The van der Waals surface area contributed by atoms with Gasteiger partial charge >= 0.3 is 0 Å². The first kappa shape index (κ1) is 30.7. The van der Waals surface area contributed by atoms with E-state index in [0.717, 1.165) is 24.3 Å². The quantitative estimate of drug-likeness (QED) is 0.134. The Bertz CT molecular complexity index is 1520. The number of methoxy groups -OCH3 is 1. The molecule has 16 heteroatoms. The number of rotatable bonds is 7. The average Bonchev–Trinajstić information content (AvgIpc) is 2.98. The van der Waals surface area contributed by atoms with Crippen LogP contribution in [0.25, 0.3) is 22.3 Å². The molecule has 1 aromatic heterocycles. The standard InChI is InChI=1S/C27H30O16/c1-38-16-6-13(32)18-12(31)5-15(9-2-3-10(29)11(30)4-9)40-24(18)23(16)42-27-25(21(36)20(35)17(7-28)41-27)43-26-22(37)19(34)14(33)8-39-26/h2-6,14,17,19-22,25-30,32-37H,7-8H2,1H3/t14-,17+,19-,20+,21-,22+,25+,26+,27-/m0/s1. The molecular formula is C27H30O16. The Balaban J connectivity index is 1.60. The maximum absolute atomic E-state index is 13.1. The minimum absolute atomic E-state index is 0.127. The van der Waals surface area contributed by atoms with Crippen LogP contribution in [-0.2, 0) is 14.2 Å². The summed E-state index contributed by atoms with van der Waals surface area (Å²) in [4.78, 5) is 13.1. The molecule has 0 aliphatic carbocycles. The Hall–Kier alpha value is -3.71. The van der Waals surface area contributed by atoms with Crippen molar-refractivity contribution in [3.63, 3.8) is 0 Å². The van der Waals surface area contributed by atoms with Crippen LogP contribution in [0, 0.1) is 0 Å². The van der Waals surface area contributed by atoms with Crippen LogP contribution in [0.3, 0.4) is 0 Å². The van der Waals surface area contributed by atoms with Crippen LogP contribution in [0.15, 0.2) is 39.5 Å². The van der Waals surface area contributed by atoms with E-state index in [0.29, 0.717) is 0 Å². The molecule has 2 aliphatic rings. The van der Waals surface area contributed by atoms with Gasteiger partial charge in [-0.05, 0) is 18.2 Å². The monoisotopic (exact) mass is 610 g/mol. The molecule has 0 amide bonds. The van der Waals surface area contributed by atoms with Crippen molar-refractivity contribution in [2.45, 2.75) is 55.3 Å². The molecule has 0 radical (unpaired) electrons. The highest BCUT2D eigenvalue weighted by atomic mass is 16.8. The Morgan fingerprint density at radius 1 is 0.884 bits per heavy atom. The largest absolute Gasteiger partial charge is 0.507 e. The van der Waals surface area contributed by atoms with Gasteiger partial charge in [-0.3, -0.25) is 4.79 Å². The Morgan fingerprint density at radius 2 is 1.63 bits per heavy atom. The lowest BCUT2D eigenvalue weighted by Gasteiger charge is -2.44. The van der Waals surface area contributed by atoms with Gasteiger partial charge < -0.3 is 74.1 Å². The molecule has 3 aromatic rings. The Morgan fingerprint density at radius 3 is 2.30 bits per heavy atom. The number of phenolic OH excluding ortho intramolecular Hbond substituents is 3. The summed E-state index contributed by atoms with van der Waals surface area (Å²) in [5, 5.41) is 91.2. The van der Waals surface area contributed by atoms with Crippen molar-refractivity contribution in [3.8, 4) is 40.1 Å². The predicted octanol–water partition coefficient (Wildman–Crippen LogP) is -1.77. The van der Waals surface area contributed by atoms with Crippen molar-refractivity contribution in [3.05, 3.63) is 40.6 Å². The van der Waals surface area contributed by atoms with Gasteiger partial charge in [0.25, 0.3) is 0 Å². The smallest absolute Gasteiger partial charge is 0.230 e. The normalized spacial score (nSPS) is 31.2. The number of phenols is 3. The van der Waals surface area contributed by atoms with Gasteiger partial charge in [-0.15, -0.1) is 0 Å². The maximum atomic E-state index is 13.1. The van der Waals surface area contributed by atoms with Gasteiger partial charge in [0.05, 0.1) is 20.3 Å². The van der Waals surface area contributed by atoms with Crippen LogP contribution < -0.4 is 14.9 Å². The highest BCUT2D eigenvalue weighted by molar-refractivity contribution is 5.91. The van der Waals surface area contributed by atoms with Crippen LogP contribution >= 0.6 is 0 Å². The van der Waals surface area contributed by atoms with Crippen LogP contribution in [0.5, 0.6) is 28.7 Å². The number of hydrogen-bond acceptors (Lipinski definition) is 16. The molecule has 9 atom stereocenters. The third-order valence-corrected chi connectivity index (χ3v) is 7.19. The second-order valence-corrected chi connectivity index (χ2v) is 9.99. The molecule has 2 saturated heterocycles. The number of benzene rings is 2. The molecular weight excluding hydrogens is 580 g/mol. The number of hydrogen-bond donors (Lipinski definition) is 9. The molecule has 2 aliphatic heterocycles. The first-order valence-corrected chi connectivity index (χ1v) is 13.0. The van der Waals surface area contributed by atoms with Crippen LogP contribution in [0.4, 0.5) is 0 Å². The summed E-state index contributed by atoms with van der Waals surface area (Å²) in [5.41, 5.74) is -0.982. The molecule has 0 saturated carbocycles. The zero-order valence-electron chi connectivity index (χ0n) is 22.4. The highest BCUT2D eigenvalue weighted by Crippen LogP contribution is 2.43. The topological polar surface area (TPSA) is 258 Å². The fraction of sp³-hybridized carbons (Fsp3) is 0.444. The number of aliphatic hydroxyl groups excluding tert-OH is 6. The second-order valence-electron chi connectivity index (χ2n) is 9.99. The minimum atomic E-state index is -1.84. The molecule has 16 nitrogen and oxygen atoms in total. The van der Waals surface area contributed by atoms with Gasteiger partial charge in [0, 0.05) is 17.7 Å². The summed E-state index contributed by atoms with van der Waals surface area (Å²) in [5.74, 6) is -2.18. The molecule has 0 spiro atoms. The fourth-order valence-corrected chi connectivity index (χ4v) is 4.82. The van der Waals surface area contributed by atoms with E-state index in [1.54, 1.807) is 0 Å². The van der Waals surface area contributed by atoms with Crippen molar-refractivity contribution in [1.29, 1.82) is 0 Å². The van der Waals surface area contributed by atoms with E-state index in [2.05, 4.69) is 0 Å². The minimum Gasteiger partial charge on any atom is -0.507 e. The summed E-state index contributed by atoms with van der Waals surface area (Å²) in [6.07, 6.45) is -15.0. The molecule has 9 N–H and O–H groups in total. The summed E-state index contributed by atoms with van der Waals surface area (Å²) in [6.45, 7) is -1.23. The third kappa shape index (κ3) is 5.67. The van der Waals surface area contributed by atoms with Crippen molar-refractivity contribution >= 4 is 11.0 Å². The Labute approximate surface area is 241 Å². The van der Waals surface area contributed by atoms with Gasteiger partial charge in [-0.2, -0.15) is 0 Å². The Kier molecular flexibility index (Phi) is 8.66. The summed E-state index contributed by atoms with van der Waals surface area (Å²) < 4.78 is 33.8. The number of aliphatic hydroxyl groups is 6. The molecule has 0 bridgehead atoms. The fourth-order valence-electron chi connectivity index (χ4n) is 4.82. The lowest BCUT2D eigenvalue weighted by molar-refractivity contribution is -0.344. The average molecular weight is 611 g/mol. The van der Waals surface area contributed by atoms with Gasteiger partial charge in [0.1, 0.15) is 53.5 Å². The van der Waals surface area contributed by atoms with E-state index in [4.69, 9.17) is 28.1 Å². The molecule has 3 heterocycles. The van der Waals surface area contributed by atoms with Gasteiger partial charge in [0.2, 0.25) is 12.0 Å². The van der Waals surface area contributed by atoms with Gasteiger partial charge in [0.15, 0.2) is 40.7 Å². The van der Waals surface area contributed by atoms with E-state index in [9.17, 15) is 50.8 Å². The number of fused-ring (bicyclic) bond motifs is 1. The third-order valence-electron chi connectivity index (χ3n) is 7.19. The van der Waals surface area contributed by atoms with Gasteiger partial charge in [-0.25, -0.2) is 0 Å². The van der Waals surface area contributed by atoms with E-state index in [-0.39, 0.29) is 33.8 Å². The first-order valence-electron chi connectivity index (χ1n) is 13.0. The molecule has 43 heavy (non-hydrogen) atoms. The van der Waals surface area contributed by atoms with E-state index in [1.807, 2.05) is 0 Å². The van der Waals surface area contributed by atoms with Crippen LogP contribution in [-0.4, -0.2) is 122 Å². The van der Waals surface area contributed by atoms with Crippen molar-refractivity contribution in [2.24, 2.45) is 0 Å². The van der Waals surface area contributed by atoms with Crippen molar-refractivity contribution < 1.29 is 74.1 Å². The van der Waals surface area contributed by atoms with Crippen molar-refractivity contribution in [1.82, 2.24) is 0 Å². The molecule has 234 valence electrons. The predicted molar refractivity (Wildman–Crippen MR) is 140 cm³/mol. The van der Waals surface area contributed by atoms with Gasteiger partial charge in [-0.1, -0.05) is 0 Å². The molecule has 2 aromatic carbocycles. The lowest BCUT2D eigenvalue weighted by Crippen LogP contribution is -2.63. The molecule has 2 fully saturated rings. The first-order chi connectivity index (χ1) is 20.4. The molecule has 0 unspecified atom stereocenters. The zero-order chi connectivity index (χ0) is 31.2. The van der Waals surface area contributed by atoms with Crippen molar-refractivity contribution in [2.75, 3.05) is 20.3 Å². The second kappa shape index (κ2) is 12.1. The SMILES string of the molecule is COc1cc(O)c2c(=O)cc(-c3ccc(O)c(O)c3)oc2c1O[C@@H]1O[C@H](CO)[C@@H](O)[C@H](O)[C@H]1O[C@H]1OC[C@H](O)[C@H](O)[C@H]1O. The number of aromatic hydroxyl groups is 3. The number of ether oxygens (including phenoxy) is 5. The van der Waals surface area contributed by atoms with Crippen LogP contribution in [0.2, 0.25) is 0 Å². The molecule has 5 rings (SSSR count). The lowest BCUT2D eigenvalue weighted by atomic mass is 9.98. The summed E-state index contributed by atoms with van der Waals surface area (Å²) in [6, 6.07) is 5.69. The van der Waals surface area contributed by atoms with E-state index >= 15 is 0 Å². The van der Waals surface area contributed by atoms with E-state index in [1.165, 1.54) is 13.2 Å². The van der Waals surface area contributed by atoms with E-state index < -0.39 is 91.2 Å². The highest BCUT2D eigenvalue weighted by Gasteiger charge is 2.50. The zero-order valence-corrected chi connectivity index (χ0v) is 22.4. The van der Waals surface area contributed by atoms with Crippen LogP contribution in [0.1, 0.15) is 0 Å². The maximum Gasteiger partial charge on any atom is 0.230 e. The summed E-state index contributed by atoms with van der Waals surface area (Å²) >= 11 is 0.